The fraction of sp³-hybridized carbons (Fsp3) is 0.217. The maximum atomic E-state index is 12.6. The Balaban J connectivity index is 1.54. The molecule has 162 valence electrons. The smallest absolute Gasteiger partial charge is 0.259 e. The highest BCUT2D eigenvalue weighted by atomic mass is 16.5. The molecule has 0 bridgehead atoms. The lowest BCUT2D eigenvalue weighted by molar-refractivity contribution is 0.122. The van der Waals surface area contributed by atoms with E-state index in [0.717, 1.165) is 43.1 Å². The van der Waals surface area contributed by atoms with Gasteiger partial charge in [0, 0.05) is 43.1 Å². The number of aromatic nitrogens is 4. The van der Waals surface area contributed by atoms with E-state index in [0.29, 0.717) is 28.5 Å². The lowest BCUT2D eigenvalue weighted by Gasteiger charge is -2.28. The number of hydrogen-bond donors (Lipinski definition) is 2. The van der Waals surface area contributed by atoms with Crippen molar-refractivity contribution in [2.75, 3.05) is 43.6 Å². The molecule has 1 aliphatic rings. The second-order valence-corrected chi connectivity index (χ2v) is 7.31. The number of aromatic amines is 1. The third-order valence-corrected chi connectivity index (χ3v) is 5.36. The minimum atomic E-state index is -0.222. The Bertz CT molecular complexity index is 1300. The van der Waals surface area contributed by atoms with Gasteiger partial charge in [0.25, 0.3) is 5.56 Å². The minimum Gasteiger partial charge on any atom is -0.479 e. The summed E-state index contributed by atoms with van der Waals surface area (Å²) in [6.07, 6.45) is 4.76. The molecule has 5 rings (SSSR count). The Morgan fingerprint density at radius 2 is 1.88 bits per heavy atom. The van der Waals surface area contributed by atoms with Crippen LogP contribution in [-0.2, 0) is 4.74 Å². The van der Waals surface area contributed by atoms with Crippen LogP contribution in [0.4, 0.5) is 17.2 Å². The summed E-state index contributed by atoms with van der Waals surface area (Å²) in [5, 5.41) is 4.51. The lowest BCUT2D eigenvalue weighted by Crippen LogP contribution is -2.36. The average Bonchev–Trinajstić information content (AvgIpc) is 2.85. The van der Waals surface area contributed by atoms with Crippen LogP contribution in [0.2, 0.25) is 0 Å². The molecule has 0 spiro atoms. The molecule has 2 N–H and O–H groups in total. The van der Waals surface area contributed by atoms with E-state index in [1.807, 2.05) is 24.3 Å². The first kappa shape index (κ1) is 20.0. The summed E-state index contributed by atoms with van der Waals surface area (Å²) in [7, 11) is 1.54. The fourth-order valence-electron chi connectivity index (χ4n) is 3.79. The molecular formula is C23H22N6O3. The molecule has 4 heterocycles. The maximum Gasteiger partial charge on any atom is 0.259 e. The summed E-state index contributed by atoms with van der Waals surface area (Å²) in [6.45, 7) is 3.21. The Labute approximate surface area is 184 Å². The van der Waals surface area contributed by atoms with Gasteiger partial charge in [0.05, 0.1) is 31.4 Å². The van der Waals surface area contributed by atoms with Gasteiger partial charge in [0.1, 0.15) is 5.82 Å². The third-order valence-electron chi connectivity index (χ3n) is 5.36. The molecule has 1 aromatic carbocycles. The molecule has 32 heavy (non-hydrogen) atoms. The zero-order valence-corrected chi connectivity index (χ0v) is 17.5. The third kappa shape index (κ3) is 3.85. The van der Waals surface area contributed by atoms with Gasteiger partial charge in [-0.15, -0.1) is 0 Å². The molecule has 0 radical (unpaired) electrons. The number of H-pyrrole nitrogens is 1. The number of methoxy groups -OCH3 is 1. The van der Waals surface area contributed by atoms with Crippen molar-refractivity contribution in [1.29, 1.82) is 0 Å². The fourth-order valence-corrected chi connectivity index (χ4v) is 3.79. The number of hydrogen-bond acceptors (Lipinski definition) is 8. The number of anilines is 3. The SMILES string of the molecule is COc1nccnc1-c1cc2cc[nH]c(=O)c2c(Nc2ccc(N3CCOCC3)cc2)n1. The minimum absolute atomic E-state index is 0.222. The van der Waals surface area contributed by atoms with Crippen molar-refractivity contribution in [2.24, 2.45) is 0 Å². The van der Waals surface area contributed by atoms with E-state index >= 15 is 0 Å². The van der Waals surface area contributed by atoms with E-state index in [1.54, 1.807) is 18.6 Å². The quantitative estimate of drug-likeness (QED) is 0.498. The van der Waals surface area contributed by atoms with Crippen LogP contribution in [0, 0.1) is 0 Å². The number of morpholine rings is 1. The van der Waals surface area contributed by atoms with Gasteiger partial charge < -0.3 is 24.7 Å². The average molecular weight is 430 g/mol. The number of nitrogens with zero attached hydrogens (tertiary/aromatic N) is 4. The summed E-state index contributed by atoms with van der Waals surface area (Å²) >= 11 is 0. The monoisotopic (exact) mass is 430 g/mol. The molecule has 0 aliphatic carbocycles. The van der Waals surface area contributed by atoms with Crippen LogP contribution in [-0.4, -0.2) is 53.3 Å². The standard InChI is InChI=1S/C23H22N6O3/c1-31-23-20(24-8-9-26-23)18-14-15-6-7-25-22(30)19(15)21(28-18)27-16-2-4-17(5-3-16)29-10-12-32-13-11-29/h2-9,14H,10-13H2,1H3,(H,25,30)(H,27,28). The van der Waals surface area contributed by atoms with Crippen molar-refractivity contribution in [3.63, 3.8) is 0 Å². The van der Waals surface area contributed by atoms with Crippen molar-refractivity contribution in [3.05, 3.63) is 65.3 Å². The Morgan fingerprint density at radius 1 is 1.09 bits per heavy atom. The van der Waals surface area contributed by atoms with E-state index in [2.05, 4.69) is 37.3 Å². The van der Waals surface area contributed by atoms with E-state index in [4.69, 9.17) is 14.5 Å². The number of benzene rings is 1. The molecule has 9 nitrogen and oxygen atoms in total. The molecule has 0 saturated carbocycles. The van der Waals surface area contributed by atoms with Gasteiger partial charge in [-0.1, -0.05) is 0 Å². The molecule has 9 heteroatoms. The van der Waals surface area contributed by atoms with Crippen LogP contribution < -0.4 is 20.5 Å². The summed E-state index contributed by atoms with van der Waals surface area (Å²) in [4.78, 5) is 30.9. The maximum absolute atomic E-state index is 12.6. The first-order valence-electron chi connectivity index (χ1n) is 10.3. The Hall–Kier alpha value is -3.98. The van der Waals surface area contributed by atoms with Crippen molar-refractivity contribution < 1.29 is 9.47 Å². The number of pyridine rings is 2. The first-order valence-corrected chi connectivity index (χ1v) is 10.3. The zero-order chi connectivity index (χ0) is 21.9. The number of ether oxygens (including phenoxy) is 2. The highest BCUT2D eigenvalue weighted by molar-refractivity contribution is 5.95. The Kier molecular flexibility index (Phi) is 5.39. The van der Waals surface area contributed by atoms with Crippen LogP contribution >= 0.6 is 0 Å². The van der Waals surface area contributed by atoms with Crippen LogP contribution in [0.25, 0.3) is 22.2 Å². The predicted octanol–water partition coefficient (Wildman–Crippen LogP) is 2.97. The summed E-state index contributed by atoms with van der Waals surface area (Å²) in [5.41, 5.74) is 2.79. The molecule has 0 unspecified atom stereocenters. The lowest BCUT2D eigenvalue weighted by atomic mass is 10.1. The van der Waals surface area contributed by atoms with E-state index in [9.17, 15) is 4.79 Å². The summed E-state index contributed by atoms with van der Waals surface area (Å²) in [5.74, 6) is 0.802. The van der Waals surface area contributed by atoms with Gasteiger partial charge in [-0.25, -0.2) is 15.0 Å². The highest BCUT2D eigenvalue weighted by Crippen LogP contribution is 2.30. The number of nitrogens with one attached hydrogen (secondary N) is 2. The van der Waals surface area contributed by atoms with Crippen molar-refractivity contribution >= 4 is 28.0 Å². The second kappa shape index (κ2) is 8.64. The van der Waals surface area contributed by atoms with Gasteiger partial charge in [0.15, 0.2) is 5.69 Å². The van der Waals surface area contributed by atoms with E-state index in [-0.39, 0.29) is 5.56 Å². The van der Waals surface area contributed by atoms with E-state index < -0.39 is 0 Å². The zero-order valence-electron chi connectivity index (χ0n) is 17.5. The number of fused-ring (bicyclic) bond motifs is 1. The van der Waals surface area contributed by atoms with Gasteiger partial charge in [-0.05, 0) is 41.8 Å². The normalized spacial score (nSPS) is 13.8. The molecule has 1 fully saturated rings. The van der Waals surface area contributed by atoms with Crippen LogP contribution in [0.15, 0.2) is 59.8 Å². The molecular weight excluding hydrogens is 408 g/mol. The first-order chi connectivity index (χ1) is 15.7. The molecule has 0 amide bonds. The van der Waals surface area contributed by atoms with Crippen molar-refractivity contribution in [1.82, 2.24) is 19.9 Å². The van der Waals surface area contributed by atoms with Crippen molar-refractivity contribution in [2.45, 2.75) is 0 Å². The summed E-state index contributed by atoms with van der Waals surface area (Å²) < 4.78 is 10.8. The van der Waals surface area contributed by atoms with Crippen LogP contribution in [0.5, 0.6) is 5.88 Å². The molecule has 0 atom stereocenters. The molecule has 4 aromatic rings. The van der Waals surface area contributed by atoms with Crippen LogP contribution in [0.1, 0.15) is 0 Å². The van der Waals surface area contributed by atoms with Crippen LogP contribution in [0.3, 0.4) is 0 Å². The number of rotatable bonds is 5. The van der Waals surface area contributed by atoms with Gasteiger partial charge >= 0.3 is 0 Å². The van der Waals surface area contributed by atoms with Gasteiger partial charge in [-0.3, -0.25) is 4.79 Å². The molecule has 1 saturated heterocycles. The Morgan fingerprint density at radius 3 is 2.66 bits per heavy atom. The topological polar surface area (TPSA) is 105 Å². The summed E-state index contributed by atoms with van der Waals surface area (Å²) in [6, 6.07) is 11.7. The second-order valence-electron chi connectivity index (χ2n) is 7.31. The predicted molar refractivity (Wildman–Crippen MR) is 123 cm³/mol. The van der Waals surface area contributed by atoms with Gasteiger partial charge in [-0.2, -0.15) is 0 Å². The largest absolute Gasteiger partial charge is 0.479 e. The molecule has 3 aromatic heterocycles. The van der Waals surface area contributed by atoms with Crippen molar-refractivity contribution in [3.8, 4) is 17.3 Å². The highest BCUT2D eigenvalue weighted by Gasteiger charge is 2.16. The molecule has 1 aliphatic heterocycles. The van der Waals surface area contributed by atoms with Gasteiger partial charge in [0.2, 0.25) is 5.88 Å². The van der Waals surface area contributed by atoms with E-state index in [1.165, 1.54) is 7.11 Å².